The van der Waals surface area contributed by atoms with E-state index in [9.17, 15) is 14.5 Å². The van der Waals surface area contributed by atoms with E-state index < -0.39 is 4.92 Å². The van der Waals surface area contributed by atoms with Crippen LogP contribution >= 0.6 is 11.6 Å². The van der Waals surface area contributed by atoms with Gasteiger partial charge < -0.3 is 9.26 Å². The first-order chi connectivity index (χ1) is 11.5. The standard InChI is InChI=1S/C15H9ClFN3O4/c16-10-3-6-13(12(7-10)20(21)22)23-8-14-18-15(24-19-14)9-1-4-11(17)5-2-9/h1-7H,8H2. The van der Waals surface area contributed by atoms with Gasteiger partial charge >= 0.3 is 5.69 Å². The molecule has 7 nitrogen and oxygen atoms in total. The van der Waals surface area contributed by atoms with E-state index in [4.69, 9.17) is 20.9 Å². The van der Waals surface area contributed by atoms with E-state index in [0.717, 1.165) is 0 Å². The van der Waals surface area contributed by atoms with Crippen LogP contribution in [0.3, 0.4) is 0 Å². The zero-order valence-corrected chi connectivity index (χ0v) is 12.7. The molecule has 1 heterocycles. The smallest absolute Gasteiger partial charge is 0.312 e. The molecule has 3 aromatic rings. The lowest BCUT2D eigenvalue weighted by Gasteiger charge is -2.04. The molecule has 0 aliphatic carbocycles. The van der Waals surface area contributed by atoms with Crippen LogP contribution in [0, 0.1) is 15.9 Å². The second kappa shape index (κ2) is 6.63. The molecule has 0 saturated carbocycles. The van der Waals surface area contributed by atoms with Gasteiger partial charge in [-0.3, -0.25) is 10.1 Å². The molecule has 0 amide bonds. The summed E-state index contributed by atoms with van der Waals surface area (Å²) in [6.45, 7) is -0.132. The van der Waals surface area contributed by atoms with E-state index in [2.05, 4.69) is 10.1 Å². The Bertz CT molecular complexity index is 883. The lowest BCUT2D eigenvalue weighted by Crippen LogP contribution is -2.00. The number of nitrogens with zero attached hydrogens (tertiary/aromatic N) is 3. The summed E-state index contributed by atoms with van der Waals surface area (Å²) in [5.41, 5.74) is 0.289. The van der Waals surface area contributed by atoms with Gasteiger partial charge in [-0.05, 0) is 36.4 Å². The molecule has 0 aliphatic heterocycles. The van der Waals surface area contributed by atoms with Crippen molar-refractivity contribution in [3.63, 3.8) is 0 Å². The number of hydrogen-bond acceptors (Lipinski definition) is 6. The van der Waals surface area contributed by atoms with Crippen LogP contribution in [-0.4, -0.2) is 15.1 Å². The Hall–Kier alpha value is -3.00. The molecule has 122 valence electrons. The van der Waals surface area contributed by atoms with Crippen LogP contribution in [0.4, 0.5) is 10.1 Å². The SMILES string of the molecule is O=[N+]([O-])c1cc(Cl)ccc1OCc1noc(-c2ccc(F)cc2)n1. The van der Waals surface area contributed by atoms with Crippen molar-refractivity contribution < 1.29 is 18.6 Å². The van der Waals surface area contributed by atoms with Crippen LogP contribution < -0.4 is 4.74 Å². The third-order valence-corrected chi connectivity index (χ3v) is 3.27. The predicted molar refractivity (Wildman–Crippen MR) is 82.1 cm³/mol. The van der Waals surface area contributed by atoms with Crippen LogP contribution in [0.2, 0.25) is 5.02 Å². The Morgan fingerprint density at radius 1 is 1.25 bits per heavy atom. The van der Waals surface area contributed by atoms with Gasteiger partial charge in [0.05, 0.1) is 4.92 Å². The van der Waals surface area contributed by atoms with Crippen molar-refractivity contribution in [3.05, 3.63) is 69.2 Å². The highest BCUT2D eigenvalue weighted by Gasteiger charge is 2.17. The Morgan fingerprint density at radius 2 is 2.00 bits per heavy atom. The third kappa shape index (κ3) is 3.49. The molecule has 0 atom stereocenters. The minimum absolute atomic E-state index is 0.0394. The molecule has 0 unspecified atom stereocenters. The van der Waals surface area contributed by atoms with Gasteiger partial charge in [-0.25, -0.2) is 4.39 Å². The Labute approximate surface area is 139 Å². The fraction of sp³-hybridized carbons (Fsp3) is 0.0667. The molecule has 0 aliphatic rings. The maximum atomic E-state index is 12.9. The van der Waals surface area contributed by atoms with Crippen LogP contribution in [-0.2, 0) is 6.61 Å². The number of aromatic nitrogens is 2. The summed E-state index contributed by atoms with van der Waals surface area (Å²) in [5, 5.41) is 14.9. The molecular formula is C15H9ClFN3O4. The van der Waals surface area contributed by atoms with Crippen molar-refractivity contribution in [2.75, 3.05) is 0 Å². The molecule has 0 bridgehead atoms. The summed E-state index contributed by atoms with van der Waals surface area (Å²) in [7, 11) is 0. The van der Waals surface area contributed by atoms with Crippen molar-refractivity contribution >= 4 is 17.3 Å². The van der Waals surface area contributed by atoms with E-state index in [0.29, 0.717) is 5.56 Å². The van der Waals surface area contributed by atoms with Gasteiger partial charge in [0.15, 0.2) is 12.4 Å². The van der Waals surface area contributed by atoms with E-state index in [1.54, 1.807) is 0 Å². The average Bonchev–Trinajstić information content (AvgIpc) is 3.03. The van der Waals surface area contributed by atoms with Gasteiger partial charge in [0.1, 0.15) is 5.82 Å². The zero-order valence-electron chi connectivity index (χ0n) is 12.0. The lowest BCUT2D eigenvalue weighted by molar-refractivity contribution is -0.385. The third-order valence-electron chi connectivity index (χ3n) is 3.03. The maximum absolute atomic E-state index is 12.9. The first kappa shape index (κ1) is 15.9. The number of benzene rings is 2. The number of ether oxygens (including phenoxy) is 1. The van der Waals surface area contributed by atoms with Crippen LogP contribution in [0.15, 0.2) is 47.0 Å². The van der Waals surface area contributed by atoms with E-state index in [-0.39, 0.29) is 40.6 Å². The van der Waals surface area contributed by atoms with Crippen LogP contribution in [0.25, 0.3) is 11.5 Å². The molecule has 2 aromatic carbocycles. The number of rotatable bonds is 5. The van der Waals surface area contributed by atoms with E-state index >= 15 is 0 Å². The monoisotopic (exact) mass is 349 g/mol. The fourth-order valence-corrected chi connectivity index (χ4v) is 2.09. The lowest BCUT2D eigenvalue weighted by atomic mass is 10.2. The van der Waals surface area contributed by atoms with Gasteiger partial charge in [-0.2, -0.15) is 4.98 Å². The van der Waals surface area contributed by atoms with Gasteiger partial charge in [0.25, 0.3) is 5.89 Å². The van der Waals surface area contributed by atoms with Crippen LogP contribution in [0.1, 0.15) is 5.82 Å². The molecule has 24 heavy (non-hydrogen) atoms. The summed E-state index contributed by atoms with van der Waals surface area (Å²) in [6, 6.07) is 9.59. The van der Waals surface area contributed by atoms with Gasteiger partial charge in [0, 0.05) is 16.7 Å². The normalized spacial score (nSPS) is 10.6. The Morgan fingerprint density at radius 3 is 2.71 bits per heavy atom. The zero-order chi connectivity index (χ0) is 17.1. The molecule has 3 rings (SSSR count). The summed E-state index contributed by atoms with van der Waals surface area (Å²) in [5.74, 6) is 0.0483. The second-order valence-electron chi connectivity index (χ2n) is 4.68. The molecule has 0 spiro atoms. The number of hydrogen-bond donors (Lipinski definition) is 0. The quantitative estimate of drug-likeness (QED) is 0.510. The van der Waals surface area contributed by atoms with Crippen molar-refractivity contribution in [3.8, 4) is 17.2 Å². The summed E-state index contributed by atoms with van der Waals surface area (Å²) in [6.07, 6.45) is 0. The first-order valence-corrected chi connectivity index (χ1v) is 7.06. The first-order valence-electron chi connectivity index (χ1n) is 6.68. The van der Waals surface area contributed by atoms with Crippen molar-refractivity contribution in [1.82, 2.24) is 10.1 Å². The summed E-state index contributed by atoms with van der Waals surface area (Å²) >= 11 is 5.73. The summed E-state index contributed by atoms with van der Waals surface area (Å²) in [4.78, 5) is 14.5. The van der Waals surface area contributed by atoms with Gasteiger partial charge in [-0.1, -0.05) is 16.8 Å². The number of nitro groups is 1. The van der Waals surface area contributed by atoms with Crippen molar-refractivity contribution in [2.45, 2.75) is 6.61 Å². The Balaban J connectivity index is 1.74. The minimum Gasteiger partial charge on any atom is -0.478 e. The average molecular weight is 350 g/mol. The molecular weight excluding hydrogens is 341 g/mol. The maximum Gasteiger partial charge on any atom is 0.312 e. The van der Waals surface area contributed by atoms with Crippen LogP contribution in [0.5, 0.6) is 5.75 Å². The van der Waals surface area contributed by atoms with Crippen molar-refractivity contribution in [1.29, 1.82) is 0 Å². The molecule has 1 aromatic heterocycles. The fourth-order valence-electron chi connectivity index (χ4n) is 1.92. The largest absolute Gasteiger partial charge is 0.478 e. The van der Waals surface area contributed by atoms with Crippen molar-refractivity contribution in [2.24, 2.45) is 0 Å². The highest BCUT2D eigenvalue weighted by Crippen LogP contribution is 2.30. The highest BCUT2D eigenvalue weighted by molar-refractivity contribution is 6.30. The molecule has 0 radical (unpaired) electrons. The van der Waals surface area contributed by atoms with E-state index in [1.165, 1.54) is 42.5 Å². The predicted octanol–water partition coefficient (Wildman–Crippen LogP) is 4.02. The second-order valence-corrected chi connectivity index (χ2v) is 5.12. The van der Waals surface area contributed by atoms with E-state index in [1.807, 2.05) is 0 Å². The number of nitro benzene ring substituents is 1. The number of halogens is 2. The minimum atomic E-state index is -0.596. The molecule has 0 fully saturated rings. The van der Waals surface area contributed by atoms with Gasteiger partial charge in [0.2, 0.25) is 5.82 Å². The Kier molecular flexibility index (Phi) is 4.39. The highest BCUT2D eigenvalue weighted by atomic mass is 35.5. The molecule has 9 heteroatoms. The summed E-state index contributed by atoms with van der Waals surface area (Å²) < 4.78 is 23.3. The topological polar surface area (TPSA) is 91.3 Å². The molecule has 0 saturated heterocycles. The van der Waals surface area contributed by atoms with Gasteiger partial charge in [-0.15, -0.1) is 0 Å². The molecule has 0 N–H and O–H groups in total.